The first-order valence-corrected chi connectivity index (χ1v) is 9.59. The monoisotopic (exact) mass is 399 g/mol. The Hall–Kier alpha value is -2.71. The van der Waals surface area contributed by atoms with E-state index in [0.29, 0.717) is 43.2 Å². The van der Waals surface area contributed by atoms with Crippen LogP contribution in [-0.4, -0.2) is 57.3 Å². The van der Waals surface area contributed by atoms with Gasteiger partial charge in [0.05, 0.1) is 23.2 Å². The number of nitrogens with zero attached hydrogens (tertiary/aromatic N) is 4. The molecule has 29 heavy (non-hydrogen) atoms. The molecule has 3 N–H and O–H groups in total. The number of benzene rings is 1. The van der Waals surface area contributed by atoms with Crippen molar-refractivity contribution in [3.05, 3.63) is 29.6 Å². The summed E-state index contributed by atoms with van der Waals surface area (Å²) in [6, 6.07) is 5.95. The zero-order valence-corrected chi connectivity index (χ0v) is 17.7. The van der Waals surface area contributed by atoms with E-state index in [0.717, 1.165) is 22.0 Å². The normalized spacial score (nSPS) is 12.1. The van der Waals surface area contributed by atoms with Crippen molar-refractivity contribution in [1.29, 1.82) is 0 Å². The Morgan fingerprint density at radius 2 is 2.03 bits per heavy atom. The van der Waals surface area contributed by atoms with Crippen LogP contribution < -0.4 is 5.73 Å². The number of carbonyl (C=O) groups excluding carboxylic acids is 1. The first kappa shape index (κ1) is 21.0. The van der Waals surface area contributed by atoms with Crippen molar-refractivity contribution < 1.29 is 14.6 Å². The lowest BCUT2D eigenvalue weighted by Crippen LogP contribution is -2.27. The van der Waals surface area contributed by atoms with Crippen LogP contribution in [0.1, 0.15) is 31.7 Å². The fraction of sp³-hybridized carbons (Fsp3) is 0.476. The highest BCUT2D eigenvalue weighted by Crippen LogP contribution is 2.31. The summed E-state index contributed by atoms with van der Waals surface area (Å²) in [6.07, 6.45) is 1.06. The zero-order valence-electron chi connectivity index (χ0n) is 17.7. The third-order valence-corrected chi connectivity index (χ3v) is 4.79. The minimum absolute atomic E-state index is 0.0838. The van der Waals surface area contributed by atoms with Gasteiger partial charge in [0.25, 0.3) is 0 Å². The number of hydrogen-bond donors (Lipinski definition) is 2. The number of pyridine rings is 1. The number of amides is 1. The topological polar surface area (TPSA) is 106 Å². The summed E-state index contributed by atoms with van der Waals surface area (Å²) in [5.74, 6) is 1.10. The molecule has 0 atom stereocenters. The van der Waals surface area contributed by atoms with Crippen LogP contribution in [-0.2, 0) is 29.1 Å². The second-order valence-corrected chi connectivity index (χ2v) is 8.19. The van der Waals surface area contributed by atoms with Gasteiger partial charge in [-0.1, -0.05) is 12.1 Å². The lowest BCUT2D eigenvalue weighted by atomic mass is 10.1. The van der Waals surface area contributed by atoms with Gasteiger partial charge in [0.2, 0.25) is 5.91 Å². The number of ether oxygens (including phenoxy) is 1. The molecule has 156 valence electrons. The first-order valence-electron chi connectivity index (χ1n) is 9.59. The van der Waals surface area contributed by atoms with Crippen LogP contribution in [0.15, 0.2) is 18.2 Å². The summed E-state index contributed by atoms with van der Waals surface area (Å²) in [7, 11) is 5.11. The molecule has 1 amide bonds. The van der Waals surface area contributed by atoms with Crippen LogP contribution in [0.5, 0.6) is 0 Å². The maximum atomic E-state index is 11.9. The average molecular weight is 399 g/mol. The number of aryl methyl sites for hydroxylation is 1. The smallest absolute Gasteiger partial charge is 0.222 e. The molecule has 2 heterocycles. The Kier molecular flexibility index (Phi) is 5.77. The van der Waals surface area contributed by atoms with Gasteiger partial charge in [-0.05, 0) is 31.9 Å². The Morgan fingerprint density at radius 1 is 1.31 bits per heavy atom. The standard InChI is InChI=1S/C21H29N5O3/c1-21(2,28)12-26-16(11-29-5)24-18-19(26)14-8-6-13(7-9-17(27)25(3)4)10-15(14)23-20(18)22/h6,8,10,28H,7,9,11-12H2,1-5H3,(H2,22,23). The number of nitrogens with two attached hydrogens (primary N) is 1. The first-order chi connectivity index (χ1) is 13.6. The maximum absolute atomic E-state index is 11.9. The van der Waals surface area contributed by atoms with Crippen molar-refractivity contribution in [3.63, 3.8) is 0 Å². The number of carbonyl (C=O) groups is 1. The largest absolute Gasteiger partial charge is 0.389 e. The highest BCUT2D eigenvalue weighted by Gasteiger charge is 2.22. The highest BCUT2D eigenvalue weighted by atomic mass is 16.5. The van der Waals surface area contributed by atoms with Crippen molar-refractivity contribution in [2.45, 2.75) is 45.4 Å². The quantitative estimate of drug-likeness (QED) is 0.630. The molecule has 3 rings (SSSR count). The third-order valence-electron chi connectivity index (χ3n) is 4.79. The fourth-order valence-electron chi connectivity index (χ4n) is 3.43. The lowest BCUT2D eigenvalue weighted by Gasteiger charge is -2.20. The summed E-state index contributed by atoms with van der Waals surface area (Å²) in [4.78, 5) is 22.7. The number of fused-ring (bicyclic) bond motifs is 3. The SMILES string of the molecule is COCc1nc2c(N)nc3cc(CCC(=O)N(C)C)ccc3c2n1CC(C)(C)O. The molecule has 0 aliphatic heterocycles. The van der Waals surface area contributed by atoms with E-state index in [1.807, 2.05) is 22.8 Å². The second kappa shape index (κ2) is 7.96. The van der Waals surface area contributed by atoms with Crippen molar-refractivity contribution in [2.75, 3.05) is 26.9 Å². The molecule has 8 nitrogen and oxygen atoms in total. The summed E-state index contributed by atoms with van der Waals surface area (Å²) >= 11 is 0. The van der Waals surface area contributed by atoms with Gasteiger partial charge in [-0.25, -0.2) is 9.97 Å². The molecule has 2 aromatic heterocycles. The molecule has 0 aliphatic rings. The molecule has 3 aromatic rings. The van der Waals surface area contributed by atoms with E-state index in [4.69, 9.17) is 10.5 Å². The van der Waals surface area contributed by atoms with Gasteiger partial charge in [0.15, 0.2) is 5.82 Å². The molecule has 0 unspecified atom stereocenters. The van der Waals surface area contributed by atoms with E-state index >= 15 is 0 Å². The molecular weight excluding hydrogens is 370 g/mol. The fourth-order valence-corrected chi connectivity index (χ4v) is 3.43. The molecular formula is C21H29N5O3. The van der Waals surface area contributed by atoms with E-state index < -0.39 is 5.60 Å². The number of rotatable bonds is 7. The number of hydrogen-bond acceptors (Lipinski definition) is 6. The number of aromatic nitrogens is 3. The number of anilines is 1. The van der Waals surface area contributed by atoms with Gasteiger partial charge in [0.1, 0.15) is 17.9 Å². The van der Waals surface area contributed by atoms with E-state index in [-0.39, 0.29) is 5.91 Å². The molecule has 0 saturated carbocycles. The van der Waals surface area contributed by atoms with E-state index in [1.54, 1.807) is 40.0 Å². The van der Waals surface area contributed by atoms with Crippen LogP contribution in [0.2, 0.25) is 0 Å². The molecule has 0 aliphatic carbocycles. The van der Waals surface area contributed by atoms with Gasteiger partial charge >= 0.3 is 0 Å². The van der Waals surface area contributed by atoms with Crippen LogP contribution in [0.4, 0.5) is 5.82 Å². The van der Waals surface area contributed by atoms with E-state index in [1.165, 1.54) is 0 Å². The molecule has 1 aromatic carbocycles. The van der Waals surface area contributed by atoms with Crippen LogP contribution in [0, 0.1) is 0 Å². The average Bonchev–Trinajstić information content (AvgIpc) is 2.97. The van der Waals surface area contributed by atoms with Gasteiger partial charge in [0, 0.05) is 33.0 Å². The number of nitrogen functional groups attached to an aromatic ring is 1. The van der Waals surface area contributed by atoms with Crippen molar-refractivity contribution in [1.82, 2.24) is 19.4 Å². The molecule has 0 radical (unpaired) electrons. The molecule has 8 heteroatoms. The van der Waals surface area contributed by atoms with Crippen molar-refractivity contribution in [2.24, 2.45) is 0 Å². The maximum Gasteiger partial charge on any atom is 0.222 e. The Balaban J connectivity index is 2.13. The van der Waals surface area contributed by atoms with Gasteiger partial charge < -0.3 is 25.0 Å². The van der Waals surface area contributed by atoms with Crippen LogP contribution in [0.3, 0.4) is 0 Å². The Morgan fingerprint density at radius 3 is 2.66 bits per heavy atom. The summed E-state index contributed by atoms with van der Waals surface area (Å²) in [5, 5.41) is 11.3. The van der Waals surface area contributed by atoms with Gasteiger partial charge in [-0.15, -0.1) is 0 Å². The molecule has 0 fully saturated rings. The van der Waals surface area contributed by atoms with Crippen LogP contribution >= 0.6 is 0 Å². The number of aliphatic hydroxyl groups is 1. The molecule has 0 saturated heterocycles. The summed E-state index contributed by atoms with van der Waals surface area (Å²) in [5.41, 5.74) is 8.48. The van der Waals surface area contributed by atoms with Gasteiger partial charge in [-0.3, -0.25) is 4.79 Å². The lowest BCUT2D eigenvalue weighted by molar-refractivity contribution is -0.128. The Labute approximate surface area is 170 Å². The molecule has 0 bridgehead atoms. The Bertz CT molecular complexity index is 1050. The third kappa shape index (κ3) is 4.49. The van der Waals surface area contributed by atoms with Crippen molar-refractivity contribution >= 4 is 33.7 Å². The van der Waals surface area contributed by atoms with Gasteiger partial charge in [-0.2, -0.15) is 0 Å². The minimum atomic E-state index is -0.938. The highest BCUT2D eigenvalue weighted by molar-refractivity contribution is 6.06. The van der Waals surface area contributed by atoms with E-state index in [2.05, 4.69) is 9.97 Å². The predicted molar refractivity (Wildman–Crippen MR) is 113 cm³/mol. The van der Waals surface area contributed by atoms with Crippen molar-refractivity contribution in [3.8, 4) is 0 Å². The van der Waals surface area contributed by atoms with Crippen LogP contribution in [0.25, 0.3) is 21.9 Å². The number of methoxy groups -OCH3 is 1. The zero-order chi connectivity index (χ0) is 21.3. The second-order valence-electron chi connectivity index (χ2n) is 8.19. The predicted octanol–water partition coefficient (Wildman–Crippen LogP) is 2.10. The number of imidazole rings is 1. The minimum Gasteiger partial charge on any atom is -0.389 e. The summed E-state index contributed by atoms with van der Waals surface area (Å²) < 4.78 is 7.25. The van der Waals surface area contributed by atoms with E-state index in [9.17, 15) is 9.90 Å². The molecule has 0 spiro atoms. The summed E-state index contributed by atoms with van der Waals surface area (Å²) in [6.45, 7) is 4.15.